The van der Waals surface area contributed by atoms with Gasteiger partial charge in [-0.25, -0.2) is 4.79 Å². The minimum Gasteiger partial charge on any atom is -0.488 e. The Balaban J connectivity index is 1.79. The number of carbonyl (C=O) groups is 1. The summed E-state index contributed by atoms with van der Waals surface area (Å²) >= 11 is 0. The van der Waals surface area contributed by atoms with Crippen molar-refractivity contribution >= 4 is 11.7 Å². The molecule has 22 heavy (non-hydrogen) atoms. The van der Waals surface area contributed by atoms with Crippen molar-refractivity contribution in [2.45, 2.75) is 25.5 Å². The number of hydrogen-bond donors (Lipinski definition) is 1. The van der Waals surface area contributed by atoms with Gasteiger partial charge in [0, 0.05) is 11.3 Å². The zero-order chi connectivity index (χ0) is 15.4. The highest BCUT2D eigenvalue weighted by molar-refractivity contribution is 6.05. The van der Waals surface area contributed by atoms with E-state index in [1.807, 2.05) is 54.6 Å². The van der Waals surface area contributed by atoms with Crippen LogP contribution in [0.5, 0.6) is 5.75 Å². The molecule has 0 bridgehead atoms. The Bertz CT molecular complexity index is 694. The molecule has 1 aliphatic heterocycles. The summed E-state index contributed by atoms with van der Waals surface area (Å²) in [6.45, 7) is 0.480. The van der Waals surface area contributed by atoms with Crippen LogP contribution in [0.3, 0.4) is 0 Å². The number of hydrogen-bond acceptors (Lipinski definition) is 3. The summed E-state index contributed by atoms with van der Waals surface area (Å²) in [7, 11) is 0. The van der Waals surface area contributed by atoms with Crippen LogP contribution >= 0.6 is 0 Å². The number of rotatable bonds is 5. The number of aliphatic carboxylic acids is 1. The maximum atomic E-state index is 11.0. The molecule has 4 nitrogen and oxygen atoms in total. The summed E-state index contributed by atoms with van der Waals surface area (Å²) in [5, 5.41) is 9.06. The van der Waals surface area contributed by atoms with Crippen LogP contribution in [0.15, 0.2) is 59.6 Å². The van der Waals surface area contributed by atoms with Crippen molar-refractivity contribution in [2.75, 3.05) is 0 Å². The van der Waals surface area contributed by atoms with Gasteiger partial charge < -0.3 is 9.84 Å². The molecule has 1 heterocycles. The summed E-state index contributed by atoms with van der Waals surface area (Å²) in [6.07, 6.45) is 1.22. The van der Waals surface area contributed by atoms with Crippen LogP contribution in [0.1, 0.15) is 24.0 Å². The van der Waals surface area contributed by atoms with Gasteiger partial charge in [-0.15, -0.1) is 0 Å². The molecule has 0 amide bonds. The molecule has 0 aromatic heterocycles. The second kappa shape index (κ2) is 6.43. The average Bonchev–Trinajstić information content (AvgIpc) is 3.04. The highest BCUT2D eigenvalue weighted by Crippen LogP contribution is 2.26. The Kier molecular flexibility index (Phi) is 4.19. The van der Waals surface area contributed by atoms with Gasteiger partial charge in [0.25, 0.3) is 0 Å². The molecule has 3 rings (SSSR count). The molecular formula is C18H17NO3. The van der Waals surface area contributed by atoms with Gasteiger partial charge in [-0.2, -0.15) is 0 Å². The predicted molar refractivity (Wildman–Crippen MR) is 84.4 cm³/mol. The summed E-state index contributed by atoms with van der Waals surface area (Å²) < 4.78 is 5.90. The van der Waals surface area contributed by atoms with Gasteiger partial charge in [-0.1, -0.05) is 42.5 Å². The third-order valence-electron chi connectivity index (χ3n) is 3.69. The normalized spacial score (nSPS) is 17.1. The minimum absolute atomic E-state index is 0.480. The van der Waals surface area contributed by atoms with Gasteiger partial charge in [0.2, 0.25) is 0 Å². The van der Waals surface area contributed by atoms with Crippen molar-refractivity contribution in [1.29, 1.82) is 0 Å². The number of aliphatic imine (C=N–C) groups is 1. The fourth-order valence-corrected chi connectivity index (χ4v) is 2.54. The fraction of sp³-hybridized carbons (Fsp3) is 0.222. The van der Waals surface area contributed by atoms with Crippen LogP contribution in [-0.2, 0) is 11.4 Å². The van der Waals surface area contributed by atoms with Crippen LogP contribution in [-0.4, -0.2) is 22.8 Å². The quantitative estimate of drug-likeness (QED) is 0.920. The largest absolute Gasteiger partial charge is 0.488 e. The van der Waals surface area contributed by atoms with Crippen molar-refractivity contribution in [3.05, 3.63) is 65.7 Å². The Labute approximate surface area is 129 Å². The molecule has 1 aliphatic rings. The smallest absolute Gasteiger partial charge is 0.328 e. The zero-order valence-electron chi connectivity index (χ0n) is 12.1. The number of nitrogens with zero attached hydrogens (tertiary/aromatic N) is 1. The predicted octanol–water partition coefficient (Wildman–Crippen LogP) is 3.30. The highest BCUT2D eigenvalue weighted by atomic mass is 16.5. The lowest BCUT2D eigenvalue weighted by atomic mass is 10.1. The van der Waals surface area contributed by atoms with Crippen LogP contribution in [0, 0.1) is 0 Å². The van der Waals surface area contributed by atoms with E-state index in [0.717, 1.165) is 22.6 Å². The Morgan fingerprint density at radius 3 is 2.59 bits per heavy atom. The minimum atomic E-state index is -0.863. The molecule has 2 aromatic rings. The van der Waals surface area contributed by atoms with Gasteiger partial charge in [0.15, 0.2) is 0 Å². The first kappa shape index (κ1) is 14.3. The molecule has 0 radical (unpaired) electrons. The molecule has 0 spiro atoms. The lowest BCUT2D eigenvalue weighted by molar-refractivity contribution is -0.138. The van der Waals surface area contributed by atoms with Gasteiger partial charge >= 0.3 is 5.97 Å². The number of carboxylic acid groups (broad SMARTS) is 1. The maximum Gasteiger partial charge on any atom is 0.328 e. The molecule has 0 unspecified atom stereocenters. The Morgan fingerprint density at radius 1 is 1.14 bits per heavy atom. The van der Waals surface area contributed by atoms with E-state index in [1.54, 1.807) is 0 Å². The molecule has 0 aliphatic carbocycles. The second-order valence-electron chi connectivity index (χ2n) is 5.24. The van der Waals surface area contributed by atoms with Gasteiger partial charge in [-0.3, -0.25) is 4.99 Å². The number of carboxylic acids is 1. The van der Waals surface area contributed by atoms with Gasteiger partial charge in [0.1, 0.15) is 18.4 Å². The maximum absolute atomic E-state index is 11.0. The second-order valence-corrected chi connectivity index (χ2v) is 5.24. The van der Waals surface area contributed by atoms with E-state index in [4.69, 9.17) is 9.84 Å². The summed E-state index contributed by atoms with van der Waals surface area (Å²) in [5.74, 6) is -0.117. The van der Waals surface area contributed by atoms with Gasteiger partial charge in [-0.05, 0) is 30.5 Å². The van der Waals surface area contributed by atoms with E-state index in [1.165, 1.54) is 0 Å². The lowest BCUT2D eigenvalue weighted by Crippen LogP contribution is -2.13. The number of ether oxygens (including phenoxy) is 1. The summed E-state index contributed by atoms with van der Waals surface area (Å²) in [5.41, 5.74) is 2.80. The first-order valence-electron chi connectivity index (χ1n) is 7.29. The first-order chi connectivity index (χ1) is 10.7. The number of benzene rings is 2. The summed E-state index contributed by atoms with van der Waals surface area (Å²) in [6, 6.07) is 17.0. The van der Waals surface area contributed by atoms with Crippen LogP contribution < -0.4 is 4.74 Å². The molecule has 2 aromatic carbocycles. The topological polar surface area (TPSA) is 58.9 Å². The van der Waals surface area contributed by atoms with Crippen LogP contribution in [0.2, 0.25) is 0 Å². The van der Waals surface area contributed by atoms with Crippen LogP contribution in [0.25, 0.3) is 0 Å². The Morgan fingerprint density at radius 2 is 1.86 bits per heavy atom. The fourth-order valence-electron chi connectivity index (χ4n) is 2.54. The third-order valence-corrected chi connectivity index (χ3v) is 3.69. The molecule has 0 saturated carbocycles. The van der Waals surface area contributed by atoms with Crippen LogP contribution in [0.4, 0.5) is 0 Å². The lowest BCUT2D eigenvalue weighted by Gasteiger charge is -2.11. The standard InChI is InChI=1S/C18H17NO3/c20-18(21)16-11-10-15(19-16)14-8-4-5-9-17(14)22-12-13-6-2-1-3-7-13/h1-9,16H,10-12H2,(H,20,21)/t16-/m0/s1. The molecule has 1 N–H and O–H groups in total. The molecule has 1 atom stereocenters. The van der Waals surface area contributed by atoms with Crippen molar-refractivity contribution in [3.63, 3.8) is 0 Å². The summed E-state index contributed by atoms with van der Waals surface area (Å²) in [4.78, 5) is 15.3. The number of para-hydroxylation sites is 1. The van der Waals surface area contributed by atoms with Crippen molar-refractivity contribution in [1.82, 2.24) is 0 Å². The molecular weight excluding hydrogens is 278 g/mol. The highest BCUT2D eigenvalue weighted by Gasteiger charge is 2.25. The molecule has 0 fully saturated rings. The van der Waals surface area contributed by atoms with E-state index in [2.05, 4.69) is 4.99 Å². The van der Waals surface area contributed by atoms with Gasteiger partial charge in [0.05, 0.1) is 0 Å². The van der Waals surface area contributed by atoms with Crippen molar-refractivity contribution < 1.29 is 14.6 Å². The Hall–Kier alpha value is -2.62. The SMILES string of the molecule is O=C(O)[C@@H]1CCC(c2ccccc2OCc2ccccc2)=N1. The third kappa shape index (κ3) is 3.17. The molecule has 0 saturated heterocycles. The monoisotopic (exact) mass is 295 g/mol. The molecule has 112 valence electrons. The zero-order valence-corrected chi connectivity index (χ0v) is 12.1. The van der Waals surface area contributed by atoms with E-state index in [-0.39, 0.29) is 0 Å². The van der Waals surface area contributed by atoms with E-state index in [9.17, 15) is 4.79 Å². The van der Waals surface area contributed by atoms with E-state index in [0.29, 0.717) is 19.4 Å². The van der Waals surface area contributed by atoms with E-state index < -0.39 is 12.0 Å². The van der Waals surface area contributed by atoms with E-state index >= 15 is 0 Å². The molecule has 4 heteroatoms. The average molecular weight is 295 g/mol. The van der Waals surface area contributed by atoms with Crippen molar-refractivity contribution in [3.8, 4) is 5.75 Å². The van der Waals surface area contributed by atoms with Crippen molar-refractivity contribution in [2.24, 2.45) is 4.99 Å². The first-order valence-corrected chi connectivity index (χ1v) is 7.29.